The van der Waals surface area contributed by atoms with E-state index >= 15 is 0 Å². The molecule has 0 aliphatic carbocycles. The number of hydrogen-bond donors (Lipinski definition) is 2. The molecule has 0 aliphatic heterocycles. The molecule has 60 valence electrons. The van der Waals surface area contributed by atoms with Gasteiger partial charge in [0.25, 0.3) is 5.91 Å². The van der Waals surface area contributed by atoms with Crippen LogP contribution in [0.2, 0.25) is 0 Å². The minimum atomic E-state index is -0.563. The topological polar surface area (TPSA) is 49.3 Å². The van der Waals surface area contributed by atoms with Crippen molar-refractivity contribution in [1.29, 1.82) is 0 Å². The zero-order valence-electron chi connectivity index (χ0n) is 6.24. The van der Waals surface area contributed by atoms with Gasteiger partial charge in [-0.25, -0.2) is 5.48 Å². The van der Waals surface area contributed by atoms with E-state index in [2.05, 4.69) is 5.92 Å². The SMILES string of the molecule is C#Cc1cccc(C(=O)NO)c1. The molecule has 0 saturated carbocycles. The van der Waals surface area contributed by atoms with E-state index in [1.165, 1.54) is 11.5 Å². The van der Waals surface area contributed by atoms with Crippen molar-refractivity contribution < 1.29 is 10.0 Å². The van der Waals surface area contributed by atoms with Crippen molar-refractivity contribution in [3.8, 4) is 12.3 Å². The second-order valence-electron chi connectivity index (χ2n) is 2.17. The molecule has 0 fully saturated rings. The van der Waals surface area contributed by atoms with Crippen molar-refractivity contribution in [1.82, 2.24) is 5.48 Å². The first-order valence-electron chi connectivity index (χ1n) is 3.29. The summed E-state index contributed by atoms with van der Waals surface area (Å²) in [5.74, 6) is 1.82. The largest absolute Gasteiger partial charge is 0.288 e. The fourth-order valence-corrected chi connectivity index (χ4v) is 0.815. The summed E-state index contributed by atoms with van der Waals surface area (Å²) in [6.45, 7) is 0. The van der Waals surface area contributed by atoms with Crippen LogP contribution in [-0.2, 0) is 0 Å². The lowest BCUT2D eigenvalue weighted by Gasteiger charge is -1.97. The summed E-state index contributed by atoms with van der Waals surface area (Å²) in [6.07, 6.45) is 5.12. The summed E-state index contributed by atoms with van der Waals surface area (Å²) < 4.78 is 0. The fourth-order valence-electron chi connectivity index (χ4n) is 0.815. The Kier molecular flexibility index (Phi) is 2.46. The molecule has 1 aromatic carbocycles. The summed E-state index contributed by atoms with van der Waals surface area (Å²) in [5.41, 5.74) is 2.47. The lowest BCUT2D eigenvalue weighted by molar-refractivity contribution is 0.0706. The number of nitrogens with one attached hydrogen (secondary N) is 1. The van der Waals surface area contributed by atoms with Crippen LogP contribution >= 0.6 is 0 Å². The Hall–Kier alpha value is -1.79. The van der Waals surface area contributed by atoms with Crippen LogP contribution in [0.4, 0.5) is 0 Å². The molecule has 0 heterocycles. The fraction of sp³-hybridized carbons (Fsp3) is 0. The van der Waals surface area contributed by atoms with Gasteiger partial charge >= 0.3 is 0 Å². The Labute approximate surface area is 70.0 Å². The molecule has 1 amide bonds. The molecule has 3 heteroatoms. The van der Waals surface area contributed by atoms with Gasteiger partial charge in [-0.1, -0.05) is 12.0 Å². The molecule has 0 spiro atoms. The maximum absolute atomic E-state index is 10.9. The van der Waals surface area contributed by atoms with E-state index in [-0.39, 0.29) is 0 Å². The van der Waals surface area contributed by atoms with E-state index in [0.717, 1.165) is 0 Å². The molecule has 0 atom stereocenters. The molecule has 0 aliphatic rings. The molecular formula is C9H7NO2. The Bertz CT molecular complexity index is 339. The van der Waals surface area contributed by atoms with Gasteiger partial charge in [0.2, 0.25) is 0 Å². The van der Waals surface area contributed by atoms with Gasteiger partial charge in [-0.2, -0.15) is 0 Å². The van der Waals surface area contributed by atoms with Gasteiger partial charge in [-0.3, -0.25) is 10.0 Å². The second kappa shape index (κ2) is 3.56. The minimum absolute atomic E-state index is 0.341. The summed E-state index contributed by atoms with van der Waals surface area (Å²) in [5, 5.41) is 8.30. The van der Waals surface area contributed by atoms with Crippen LogP contribution in [0.5, 0.6) is 0 Å². The van der Waals surface area contributed by atoms with E-state index in [1.54, 1.807) is 18.2 Å². The molecule has 0 radical (unpaired) electrons. The molecule has 1 rings (SSSR count). The van der Waals surface area contributed by atoms with Crippen LogP contribution in [0.15, 0.2) is 24.3 Å². The van der Waals surface area contributed by atoms with Crippen LogP contribution in [0.25, 0.3) is 0 Å². The molecule has 0 aromatic heterocycles. The Morgan fingerprint density at radius 2 is 2.33 bits per heavy atom. The predicted molar refractivity (Wildman–Crippen MR) is 43.6 cm³/mol. The van der Waals surface area contributed by atoms with Gasteiger partial charge in [-0.05, 0) is 18.2 Å². The summed E-state index contributed by atoms with van der Waals surface area (Å²) in [7, 11) is 0. The van der Waals surface area contributed by atoms with Gasteiger partial charge in [-0.15, -0.1) is 6.42 Å². The van der Waals surface area contributed by atoms with Gasteiger partial charge in [0.05, 0.1) is 0 Å². The van der Waals surface area contributed by atoms with E-state index in [0.29, 0.717) is 11.1 Å². The van der Waals surface area contributed by atoms with E-state index in [9.17, 15) is 4.79 Å². The lowest BCUT2D eigenvalue weighted by Crippen LogP contribution is -2.18. The number of hydrogen-bond acceptors (Lipinski definition) is 2. The molecule has 0 bridgehead atoms. The minimum Gasteiger partial charge on any atom is -0.288 e. The Balaban J connectivity index is 3.04. The highest BCUT2D eigenvalue weighted by molar-refractivity contribution is 5.93. The first-order chi connectivity index (χ1) is 5.77. The van der Waals surface area contributed by atoms with Gasteiger partial charge in [0.1, 0.15) is 0 Å². The third-order valence-electron chi connectivity index (χ3n) is 1.39. The number of hydroxylamine groups is 1. The van der Waals surface area contributed by atoms with E-state index in [1.807, 2.05) is 0 Å². The van der Waals surface area contributed by atoms with Crippen molar-refractivity contribution in [2.45, 2.75) is 0 Å². The smallest absolute Gasteiger partial charge is 0.274 e. The van der Waals surface area contributed by atoms with Crippen LogP contribution in [-0.4, -0.2) is 11.1 Å². The summed E-state index contributed by atoms with van der Waals surface area (Å²) in [6, 6.07) is 6.44. The van der Waals surface area contributed by atoms with Crippen molar-refractivity contribution in [2.75, 3.05) is 0 Å². The van der Waals surface area contributed by atoms with Crippen molar-refractivity contribution in [3.05, 3.63) is 35.4 Å². The summed E-state index contributed by atoms with van der Waals surface area (Å²) >= 11 is 0. The number of carbonyl (C=O) groups is 1. The highest BCUT2D eigenvalue weighted by atomic mass is 16.5. The van der Waals surface area contributed by atoms with Gasteiger partial charge in [0.15, 0.2) is 0 Å². The number of terminal acetylenes is 1. The summed E-state index contributed by atoms with van der Waals surface area (Å²) in [4.78, 5) is 10.9. The number of amides is 1. The average molecular weight is 161 g/mol. The van der Waals surface area contributed by atoms with Crippen LogP contribution in [0, 0.1) is 12.3 Å². The first kappa shape index (κ1) is 8.31. The maximum atomic E-state index is 10.9. The van der Waals surface area contributed by atoms with Crippen LogP contribution in [0.3, 0.4) is 0 Å². The van der Waals surface area contributed by atoms with Gasteiger partial charge < -0.3 is 0 Å². The quantitative estimate of drug-likeness (QED) is 0.363. The number of benzene rings is 1. The van der Waals surface area contributed by atoms with Crippen LogP contribution in [0.1, 0.15) is 15.9 Å². The second-order valence-corrected chi connectivity index (χ2v) is 2.17. The zero-order chi connectivity index (χ0) is 8.97. The first-order valence-corrected chi connectivity index (χ1v) is 3.29. The average Bonchev–Trinajstić information content (AvgIpc) is 2.17. The molecular weight excluding hydrogens is 154 g/mol. The van der Waals surface area contributed by atoms with Crippen molar-refractivity contribution in [3.63, 3.8) is 0 Å². The molecule has 1 aromatic rings. The van der Waals surface area contributed by atoms with Crippen molar-refractivity contribution >= 4 is 5.91 Å². The third kappa shape index (κ3) is 1.62. The number of carbonyl (C=O) groups excluding carboxylic acids is 1. The Morgan fingerprint density at radius 1 is 1.58 bits per heavy atom. The number of rotatable bonds is 1. The van der Waals surface area contributed by atoms with Crippen molar-refractivity contribution in [2.24, 2.45) is 0 Å². The van der Waals surface area contributed by atoms with Gasteiger partial charge in [0, 0.05) is 11.1 Å². The monoisotopic (exact) mass is 161 g/mol. The van der Waals surface area contributed by atoms with E-state index in [4.69, 9.17) is 11.6 Å². The molecule has 0 saturated heterocycles. The zero-order valence-corrected chi connectivity index (χ0v) is 6.24. The molecule has 2 N–H and O–H groups in total. The predicted octanol–water partition coefficient (Wildman–Crippen LogP) is 0.787. The van der Waals surface area contributed by atoms with Crippen LogP contribution < -0.4 is 5.48 Å². The molecule has 3 nitrogen and oxygen atoms in total. The normalized spacial score (nSPS) is 8.67. The third-order valence-corrected chi connectivity index (χ3v) is 1.39. The Morgan fingerprint density at radius 3 is 2.92 bits per heavy atom. The molecule has 12 heavy (non-hydrogen) atoms. The lowest BCUT2D eigenvalue weighted by atomic mass is 10.1. The standard InChI is InChI=1S/C9H7NO2/c1-2-7-4-3-5-8(6-7)9(11)10-12/h1,3-6,12H,(H,10,11). The van der Waals surface area contributed by atoms with E-state index < -0.39 is 5.91 Å². The molecule has 0 unspecified atom stereocenters. The maximum Gasteiger partial charge on any atom is 0.274 e. The highest BCUT2D eigenvalue weighted by Crippen LogP contribution is 2.03. The highest BCUT2D eigenvalue weighted by Gasteiger charge is 2.02.